The molecule has 2 heteroatoms. The van der Waals surface area contributed by atoms with E-state index in [0.717, 1.165) is 0 Å². The van der Waals surface area contributed by atoms with Gasteiger partial charge in [-0.25, -0.2) is 0 Å². The van der Waals surface area contributed by atoms with Crippen molar-refractivity contribution in [3.63, 3.8) is 0 Å². The van der Waals surface area contributed by atoms with Crippen molar-refractivity contribution in [1.82, 2.24) is 0 Å². The van der Waals surface area contributed by atoms with Crippen molar-refractivity contribution >= 4 is 16.1 Å². The van der Waals surface area contributed by atoms with Gasteiger partial charge in [0.15, 0.2) is 0 Å². The molecule has 0 saturated carbocycles. The lowest BCUT2D eigenvalue weighted by atomic mass is 10.5. The Kier molecular flexibility index (Phi) is 2.84. The highest BCUT2D eigenvalue weighted by Crippen LogP contribution is 2.45. The first-order chi connectivity index (χ1) is 4.50. The van der Waals surface area contributed by atoms with E-state index in [1.54, 1.807) is 0 Å². The van der Waals surface area contributed by atoms with Gasteiger partial charge in [0, 0.05) is 16.1 Å². The average molecular weight is 188 g/mol. The van der Waals surface area contributed by atoms with Crippen LogP contribution in [-0.4, -0.2) is 16.1 Å². The van der Waals surface area contributed by atoms with E-state index in [9.17, 15) is 0 Å². The van der Waals surface area contributed by atoms with Crippen LogP contribution in [0.15, 0.2) is 0 Å². The standard InChI is InChI=1S/C9H24Si2/c1-9(2,10(3,4)5)11(6,7)8/h1-8H3. The minimum absolute atomic E-state index is 0.653. The Morgan fingerprint density at radius 2 is 0.818 bits per heavy atom. The quantitative estimate of drug-likeness (QED) is 0.575. The molecule has 0 aliphatic carbocycles. The first kappa shape index (κ1) is 11.4. The molecule has 0 bridgehead atoms. The minimum Gasteiger partial charge on any atom is -0.0694 e. The van der Waals surface area contributed by atoms with Crippen LogP contribution in [0.1, 0.15) is 13.8 Å². The molecule has 0 unspecified atom stereocenters. The van der Waals surface area contributed by atoms with Crippen LogP contribution in [0.4, 0.5) is 0 Å². The second-order valence-corrected chi connectivity index (χ2v) is 18.1. The monoisotopic (exact) mass is 188 g/mol. The molecule has 0 aromatic carbocycles. The molecule has 0 rings (SSSR count). The van der Waals surface area contributed by atoms with Crippen LogP contribution in [0.3, 0.4) is 0 Å². The van der Waals surface area contributed by atoms with Gasteiger partial charge in [-0.1, -0.05) is 53.1 Å². The average Bonchev–Trinajstić information content (AvgIpc) is 1.58. The molecule has 0 aromatic heterocycles. The highest BCUT2D eigenvalue weighted by molar-refractivity contribution is 6.98. The Bertz CT molecular complexity index is 119. The summed E-state index contributed by atoms with van der Waals surface area (Å²) >= 11 is 0. The van der Waals surface area contributed by atoms with Gasteiger partial charge in [0.25, 0.3) is 0 Å². The van der Waals surface area contributed by atoms with Crippen molar-refractivity contribution in [3.8, 4) is 0 Å². The molecule has 0 N–H and O–H groups in total. The van der Waals surface area contributed by atoms with Gasteiger partial charge < -0.3 is 0 Å². The van der Waals surface area contributed by atoms with Gasteiger partial charge in [-0.05, 0) is 4.66 Å². The van der Waals surface area contributed by atoms with Gasteiger partial charge in [-0.2, -0.15) is 0 Å². The third-order valence-electron chi connectivity index (χ3n) is 3.75. The molecule has 0 spiro atoms. The number of rotatable bonds is 2. The van der Waals surface area contributed by atoms with Gasteiger partial charge in [-0.3, -0.25) is 0 Å². The van der Waals surface area contributed by atoms with E-state index in [2.05, 4.69) is 53.1 Å². The van der Waals surface area contributed by atoms with Crippen LogP contribution in [0.5, 0.6) is 0 Å². The van der Waals surface area contributed by atoms with Crippen molar-refractivity contribution in [2.24, 2.45) is 0 Å². The highest BCUT2D eigenvalue weighted by atomic mass is 28.4. The van der Waals surface area contributed by atoms with Crippen molar-refractivity contribution in [3.05, 3.63) is 0 Å². The first-order valence-corrected chi connectivity index (χ1v) is 11.5. The van der Waals surface area contributed by atoms with Crippen molar-refractivity contribution in [2.45, 2.75) is 57.8 Å². The summed E-state index contributed by atoms with van der Waals surface area (Å²) < 4.78 is 0.653. The molecule has 11 heavy (non-hydrogen) atoms. The van der Waals surface area contributed by atoms with E-state index < -0.39 is 16.1 Å². The molecule has 0 nitrogen and oxygen atoms in total. The molecule has 0 atom stereocenters. The van der Waals surface area contributed by atoms with Gasteiger partial charge in [0.1, 0.15) is 0 Å². The summed E-state index contributed by atoms with van der Waals surface area (Å²) in [6, 6.07) is 0. The first-order valence-electron chi connectivity index (χ1n) is 4.50. The third kappa shape index (κ3) is 2.18. The molecule has 0 saturated heterocycles. The van der Waals surface area contributed by atoms with E-state index in [1.165, 1.54) is 0 Å². The predicted molar refractivity (Wildman–Crippen MR) is 60.7 cm³/mol. The van der Waals surface area contributed by atoms with Gasteiger partial charge in [0.2, 0.25) is 0 Å². The smallest absolute Gasteiger partial charge is 0.0472 e. The SMILES string of the molecule is CC(C)([Si](C)(C)C)[Si](C)(C)C. The van der Waals surface area contributed by atoms with Gasteiger partial charge in [0.05, 0.1) is 0 Å². The molecule has 68 valence electrons. The van der Waals surface area contributed by atoms with Crippen molar-refractivity contribution in [1.29, 1.82) is 0 Å². The summed E-state index contributed by atoms with van der Waals surface area (Å²) in [5.74, 6) is 0. The van der Waals surface area contributed by atoms with Crippen LogP contribution in [0.25, 0.3) is 0 Å². The largest absolute Gasteiger partial charge is 0.0694 e. The summed E-state index contributed by atoms with van der Waals surface area (Å²) in [6.45, 7) is 19.9. The normalized spacial score (nSPS) is 15.3. The summed E-state index contributed by atoms with van der Waals surface area (Å²) in [5.41, 5.74) is 0. The van der Waals surface area contributed by atoms with E-state index in [1.807, 2.05) is 0 Å². The Labute approximate surface area is 74.4 Å². The second kappa shape index (κ2) is 2.73. The Morgan fingerprint density at radius 1 is 0.636 bits per heavy atom. The van der Waals surface area contributed by atoms with Crippen LogP contribution in [0.2, 0.25) is 43.9 Å². The van der Waals surface area contributed by atoms with Crippen LogP contribution >= 0.6 is 0 Å². The molecule has 0 aromatic rings. The fourth-order valence-corrected chi connectivity index (χ4v) is 10.1. The maximum Gasteiger partial charge on any atom is 0.0472 e. The van der Waals surface area contributed by atoms with E-state index in [-0.39, 0.29) is 0 Å². The van der Waals surface area contributed by atoms with Gasteiger partial charge in [-0.15, -0.1) is 0 Å². The topological polar surface area (TPSA) is 0 Å². The molecule has 0 aliphatic rings. The lowest BCUT2D eigenvalue weighted by molar-refractivity contribution is 0.862. The van der Waals surface area contributed by atoms with E-state index in [0.29, 0.717) is 4.66 Å². The summed E-state index contributed by atoms with van der Waals surface area (Å²) in [4.78, 5) is 0. The van der Waals surface area contributed by atoms with Crippen LogP contribution < -0.4 is 0 Å². The van der Waals surface area contributed by atoms with Crippen molar-refractivity contribution in [2.75, 3.05) is 0 Å². The minimum atomic E-state index is -0.959. The molecular weight excluding hydrogens is 164 g/mol. The molecular formula is C9H24Si2. The number of hydrogen-bond donors (Lipinski definition) is 0. The Hall–Kier alpha value is 0.434. The zero-order valence-electron chi connectivity index (χ0n) is 9.50. The van der Waals surface area contributed by atoms with E-state index in [4.69, 9.17) is 0 Å². The van der Waals surface area contributed by atoms with Crippen LogP contribution in [0, 0.1) is 0 Å². The number of hydrogen-bond acceptors (Lipinski definition) is 0. The Morgan fingerprint density at radius 3 is 0.818 bits per heavy atom. The summed E-state index contributed by atoms with van der Waals surface area (Å²) in [7, 11) is -1.92. The van der Waals surface area contributed by atoms with E-state index >= 15 is 0 Å². The van der Waals surface area contributed by atoms with Crippen LogP contribution in [-0.2, 0) is 0 Å². The third-order valence-corrected chi connectivity index (χ3v) is 15.8. The molecule has 0 heterocycles. The van der Waals surface area contributed by atoms with Crippen molar-refractivity contribution < 1.29 is 0 Å². The summed E-state index contributed by atoms with van der Waals surface area (Å²) in [6.07, 6.45) is 0. The zero-order valence-corrected chi connectivity index (χ0v) is 11.5. The fraction of sp³-hybridized carbons (Fsp3) is 1.00. The second-order valence-electron chi connectivity index (χ2n) is 6.12. The summed E-state index contributed by atoms with van der Waals surface area (Å²) in [5, 5.41) is 0. The Balaban J connectivity index is 4.75. The maximum atomic E-state index is 2.49. The lowest BCUT2D eigenvalue weighted by Crippen LogP contribution is -2.50. The molecule has 0 aliphatic heterocycles. The lowest BCUT2D eigenvalue weighted by Gasteiger charge is -2.46. The molecule has 0 amide bonds. The molecule has 0 radical (unpaired) electrons. The molecule has 0 fully saturated rings. The van der Waals surface area contributed by atoms with Gasteiger partial charge >= 0.3 is 0 Å². The fourth-order valence-electron chi connectivity index (χ4n) is 1.12. The zero-order chi connectivity index (χ0) is 9.50. The predicted octanol–water partition coefficient (Wildman–Crippen LogP) is 3.98. The highest BCUT2D eigenvalue weighted by Gasteiger charge is 2.44. The maximum absolute atomic E-state index is 2.49.